The maximum Gasteiger partial charge on any atom is 0.143 e. The van der Waals surface area contributed by atoms with E-state index in [-0.39, 0.29) is 23.5 Å². The quantitative estimate of drug-likeness (QED) is 0.138. The molecule has 248 valence electrons. The van der Waals surface area contributed by atoms with Gasteiger partial charge in [-0.1, -0.05) is 121 Å². The maximum atomic E-state index is 6.89. The van der Waals surface area contributed by atoms with Crippen molar-refractivity contribution < 1.29 is 4.42 Å². The lowest BCUT2D eigenvalue weighted by Crippen LogP contribution is -2.49. The average Bonchev–Trinajstić information content (AvgIpc) is 3.88. The Morgan fingerprint density at radius 1 is 0.745 bits per heavy atom. The number of thioether (sulfide) groups is 1. The van der Waals surface area contributed by atoms with Crippen molar-refractivity contribution in [2.24, 2.45) is 5.73 Å². The summed E-state index contributed by atoms with van der Waals surface area (Å²) in [6.45, 7) is 0.707. The van der Waals surface area contributed by atoms with Gasteiger partial charge in [0.05, 0.1) is 12.3 Å². The third-order valence-corrected chi connectivity index (χ3v) is 13.0. The second-order valence-corrected chi connectivity index (χ2v) is 15.7. The van der Waals surface area contributed by atoms with E-state index in [9.17, 15) is 0 Å². The Hall–Kier alpha value is -4.95. The van der Waals surface area contributed by atoms with Crippen molar-refractivity contribution in [1.29, 1.82) is 0 Å². The van der Waals surface area contributed by atoms with Gasteiger partial charge in [-0.25, -0.2) is 0 Å². The van der Waals surface area contributed by atoms with Crippen LogP contribution in [0.25, 0.3) is 53.2 Å². The molecule has 0 amide bonds. The summed E-state index contributed by atoms with van der Waals surface area (Å²) in [7, 11) is 0. The lowest BCUT2D eigenvalue weighted by atomic mass is 9.85. The van der Waals surface area contributed by atoms with Crippen molar-refractivity contribution in [3.63, 3.8) is 0 Å². The minimum absolute atomic E-state index is 0.150. The predicted octanol–water partition coefficient (Wildman–Crippen LogP) is 11.0. The molecule has 0 saturated heterocycles. The highest BCUT2D eigenvalue weighted by Crippen LogP contribution is 2.52. The summed E-state index contributed by atoms with van der Waals surface area (Å²) in [5.41, 5.74) is 16.1. The molecule has 4 nitrogen and oxygen atoms in total. The first-order valence-corrected chi connectivity index (χ1v) is 19.2. The number of fused-ring (bicyclic) bond motifs is 9. The molecule has 2 aromatic heterocycles. The monoisotopic (exact) mass is 697 g/mol. The van der Waals surface area contributed by atoms with Gasteiger partial charge in [-0.15, -0.1) is 23.1 Å². The maximum absolute atomic E-state index is 6.89. The van der Waals surface area contributed by atoms with Crippen LogP contribution in [0.3, 0.4) is 0 Å². The van der Waals surface area contributed by atoms with E-state index < -0.39 is 0 Å². The SMILES string of the molecule is NC(NC(NCc1cccc2sc3ccccc3c12)C1=CC=CC2c3cc(-c4cccc5c4oc4ccccc45)ccc3SC12)c1ccccc1. The molecule has 0 radical (unpaired) electrons. The molecule has 6 heteroatoms. The number of allylic oxidation sites excluding steroid dienone is 3. The summed E-state index contributed by atoms with van der Waals surface area (Å²) in [4.78, 5) is 1.32. The molecule has 4 unspecified atom stereocenters. The molecule has 4 N–H and O–H groups in total. The van der Waals surface area contributed by atoms with Crippen LogP contribution < -0.4 is 16.4 Å². The molecule has 0 saturated carbocycles. The van der Waals surface area contributed by atoms with E-state index in [1.165, 1.54) is 47.3 Å². The van der Waals surface area contributed by atoms with E-state index >= 15 is 0 Å². The van der Waals surface area contributed by atoms with Crippen molar-refractivity contribution >= 4 is 65.2 Å². The van der Waals surface area contributed by atoms with Crippen molar-refractivity contribution in [2.45, 2.75) is 34.9 Å². The fraction of sp³-hybridized carbons (Fsp3) is 0.111. The number of thiophene rings is 1. The van der Waals surface area contributed by atoms with Crippen LogP contribution in [0.1, 0.15) is 28.8 Å². The molecule has 0 bridgehead atoms. The van der Waals surface area contributed by atoms with Crippen LogP contribution in [0.5, 0.6) is 0 Å². The number of benzene rings is 6. The standard InChI is InChI=1S/C45H35N3OS2/c46-44(27-11-2-1-3-12-27)48-45(47-26-29-13-8-22-40-41(29)34-15-5-7-21-38(34)50-40)35-19-10-18-33-36-25-28(23-24-39(36)51-43(33)35)30-16-9-17-32-31-14-4-6-20-37(31)49-42(30)32/h1-25,33,43-45,47-48H,26,46H2. The topological polar surface area (TPSA) is 63.2 Å². The molecule has 0 fully saturated rings. The van der Waals surface area contributed by atoms with E-state index in [4.69, 9.17) is 10.2 Å². The highest BCUT2D eigenvalue weighted by atomic mass is 32.2. The molecule has 2 aliphatic rings. The van der Waals surface area contributed by atoms with Gasteiger partial charge in [-0.05, 0) is 58.2 Å². The molecule has 51 heavy (non-hydrogen) atoms. The fourth-order valence-corrected chi connectivity index (χ4v) is 10.6. The van der Waals surface area contributed by atoms with Crippen LogP contribution >= 0.6 is 23.1 Å². The molecule has 1 aliphatic heterocycles. The molecule has 4 atom stereocenters. The molecular formula is C45H35N3OS2. The smallest absolute Gasteiger partial charge is 0.143 e. The largest absolute Gasteiger partial charge is 0.455 e. The first-order chi connectivity index (χ1) is 25.2. The summed E-state index contributed by atoms with van der Waals surface area (Å²) < 4.78 is 9.07. The molecule has 0 spiro atoms. The number of hydrogen-bond acceptors (Lipinski definition) is 6. The average molecular weight is 698 g/mol. The summed E-state index contributed by atoms with van der Waals surface area (Å²) in [5, 5.41) is 12.9. The fourth-order valence-electron chi connectivity index (χ4n) is 7.97. The van der Waals surface area contributed by atoms with Crippen molar-refractivity contribution in [3.8, 4) is 11.1 Å². The molecule has 8 aromatic rings. The summed E-state index contributed by atoms with van der Waals surface area (Å²) in [6.07, 6.45) is 6.40. The Kier molecular flexibility index (Phi) is 7.66. The van der Waals surface area contributed by atoms with Crippen LogP contribution in [-0.4, -0.2) is 11.4 Å². The Bertz CT molecular complexity index is 2650. The zero-order valence-electron chi connectivity index (χ0n) is 27.8. The van der Waals surface area contributed by atoms with Crippen molar-refractivity contribution in [3.05, 3.63) is 174 Å². The number of para-hydroxylation sites is 2. The number of nitrogens with one attached hydrogen (secondary N) is 2. The summed E-state index contributed by atoms with van der Waals surface area (Å²) in [5.74, 6) is 0.239. The van der Waals surface area contributed by atoms with Crippen LogP contribution in [0.2, 0.25) is 0 Å². The normalized spacial score (nSPS) is 17.9. The minimum atomic E-state index is -0.337. The Balaban J connectivity index is 0.991. The van der Waals surface area contributed by atoms with Crippen molar-refractivity contribution in [1.82, 2.24) is 10.6 Å². The van der Waals surface area contributed by atoms with Gasteiger partial charge < -0.3 is 10.2 Å². The third-order valence-electron chi connectivity index (χ3n) is 10.4. The van der Waals surface area contributed by atoms with Crippen molar-refractivity contribution in [2.75, 3.05) is 0 Å². The van der Waals surface area contributed by atoms with Gasteiger partial charge in [0.25, 0.3) is 0 Å². The van der Waals surface area contributed by atoms with Gasteiger partial charge in [0.15, 0.2) is 0 Å². The Labute approximate surface area is 304 Å². The van der Waals surface area contributed by atoms with E-state index in [1.54, 1.807) is 0 Å². The molecule has 10 rings (SSSR count). The number of nitrogens with two attached hydrogens (primary N) is 1. The second-order valence-electron chi connectivity index (χ2n) is 13.4. The second kappa shape index (κ2) is 12.7. The van der Waals surface area contributed by atoms with E-state index in [2.05, 4.69) is 138 Å². The number of hydrogen-bond donors (Lipinski definition) is 3. The van der Waals surface area contributed by atoms with Gasteiger partial charge in [0.2, 0.25) is 0 Å². The van der Waals surface area contributed by atoms with Gasteiger partial charge in [-0.2, -0.15) is 0 Å². The predicted molar refractivity (Wildman–Crippen MR) is 215 cm³/mol. The van der Waals surface area contributed by atoms with Crippen LogP contribution in [-0.2, 0) is 6.54 Å². The highest BCUT2D eigenvalue weighted by molar-refractivity contribution is 8.00. The van der Waals surface area contributed by atoms with Gasteiger partial charge >= 0.3 is 0 Å². The van der Waals surface area contributed by atoms with Crippen LogP contribution in [0, 0.1) is 0 Å². The Morgan fingerprint density at radius 3 is 2.45 bits per heavy atom. The summed E-state index contributed by atoms with van der Waals surface area (Å²) >= 11 is 3.82. The Morgan fingerprint density at radius 2 is 1.53 bits per heavy atom. The molecule has 1 aliphatic carbocycles. The number of rotatable bonds is 8. The van der Waals surface area contributed by atoms with E-state index in [0.29, 0.717) is 6.54 Å². The zero-order valence-corrected chi connectivity index (χ0v) is 29.4. The lowest BCUT2D eigenvalue weighted by Gasteiger charge is -2.33. The summed E-state index contributed by atoms with van der Waals surface area (Å²) in [6, 6.07) is 47.4. The van der Waals surface area contributed by atoms with E-state index in [0.717, 1.165) is 33.1 Å². The zero-order chi connectivity index (χ0) is 33.9. The van der Waals surface area contributed by atoms with Gasteiger partial charge in [0.1, 0.15) is 11.2 Å². The van der Waals surface area contributed by atoms with E-state index in [1.807, 2.05) is 47.4 Å². The molecular weight excluding hydrogens is 663 g/mol. The van der Waals surface area contributed by atoms with Gasteiger partial charge in [0, 0.05) is 59.1 Å². The minimum Gasteiger partial charge on any atom is -0.455 e. The third kappa shape index (κ3) is 5.34. The lowest BCUT2D eigenvalue weighted by molar-refractivity contribution is 0.407. The molecule has 3 heterocycles. The van der Waals surface area contributed by atoms with Crippen LogP contribution in [0.4, 0.5) is 0 Å². The van der Waals surface area contributed by atoms with Crippen LogP contribution in [0.15, 0.2) is 167 Å². The number of furan rings is 1. The highest BCUT2D eigenvalue weighted by Gasteiger charge is 2.38. The first-order valence-electron chi connectivity index (χ1n) is 17.5. The van der Waals surface area contributed by atoms with Gasteiger partial charge in [-0.3, -0.25) is 10.6 Å². The first kappa shape index (κ1) is 30.8. The molecule has 6 aromatic carbocycles.